The average molecular weight is 161 g/mol. The maximum atomic E-state index is 12.6. The normalized spacial score (nSPS) is 9.55. The Morgan fingerprint density at radius 3 is 2.64 bits per heavy atom. The van der Waals surface area contributed by atoms with E-state index < -0.39 is 11.8 Å². The van der Waals surface area contributed by atoms with Gasteiger partial charge in [-0.15, -0.1) is 0 Å². The number of nitrogen functional groups attached to an aromatic ring is 1. The van der Waals surface area contributed by atoms with Crippen LogP contribution < -0.4 is 5.73 Å². The van der Waals surface area contributed by atoms with Gasteiger partial charge in [-0.1, -0.05) is 0 Å². The van der Waals surface area contributed by atoms with Crippen LogP contribution in [0.1, 0.15) is 10.4 Å². The highest BCUT2D eigenvalue weighted by Gasteiger charge is 2.08. The summed E-state index contributed by atoms with van der Waals surface area (Å²) in [6, 6.07) is 3.45. The molecule has 1 rings (SSSR count). The second-order valence-electron chi connectivity index (χ2n) is 2.04. The second kappa shape index (κ2) is 2.57. The van der Waals surface area contributed by atoms with E-state index in [1.165, 1.54) is 6.07 Å². The highest BCUT2D eigenvalue weighted by molar-refractivity contribution is 5.88. The maximum Gasteiger partial charge on any atom is 0.338 e. The van der Waals surface area contributed by atoms with Crippen molar-refractivity contribution in [1.29, 1.82) is 0 Å². The fourth-order valence-corrected chi connectivity index (χ4v) is 0.705. The first kappa shape index (κ1) is 7.53. The summed E-state index contributed by atoms with van der Waals surface area (Å²) in [5.74, 6) is -2.10. The Balaban J connectivity index is 3.20. The number of rotatable bonds is 1. The smallest absolute Gasteiger partial charge is 0.338 e. The molecule has 0 spiro atoms. The van der Waals surface area contributed by atoms with E-state index in [9.17, 15) is 9.18 Å². The third-order valence-electron chi connectivity index (χ3n) is 1.22. The number of aromatic carboxylic acids is 1. The Morgan fingerprint density at radius 1 is 1.55 bits per heavy atom. The lowest BCUT2D eigenvalue weighted by Crippen LogP contribution is -2.00. The molecular weight excluding hydrogens is 155 g/mol. The zero-order chi connectivity index (χ0) is 8.43. The molecule has 58 valence electrons. The summed E-state index contributed by atoms with van der Waals surface area (Å²) in [6.07, 6.45) is 0. The van der Waals surface area contributed by atoms with Crippen LogP contribution in [0.4, 0.5) is 10.1 Å². The number of carboxylic acids is 1. The van der Waals surface area contributed by atoms with Gasteiger partial charge < -0.3 is 10.8 Å². The molecule has 0 aliphatic carbocycles. The molecule has 0 bridgehead atoms. The lowest BCUT2D eigenvalue weighted by atomic mass is 10.9. The number of anilines is 1. The predicted molar refractivity (Wildman–Crippen MR) is 37.8 cm³/mol. The number of nitrogens with two attached hydrogens (primary N) is 1. The Labute approximate surface area is 62.3 Å². The monoisotopic (exact) mass is 161 g/mol. The van der Waals surface area contributed by atoms with Gasteiger partial charge >= 0.3 is 5.97 Å². The molecule has 1 aromatic rings. The van der Waals surface area contributed by atoms with Crippen molar-refractivity contribution in [2.75, 3.05) is 5.73 Å². The van der Waals surface area contributed by atoms with Crippen LogP contribution in [0, 0.1) is 5.82 Å². The molecule has 3 N–H and O–H groups in total. The number of benzene rings is 1. The SMILES string of the molecule is N[13c]1[13cH][13cH][13c](C(=O)O)[13c](F)[13cH]1. The van der Waals surface area contributed by atoms with Gasteiger partial charge in [0.15, 0.2) is 0 Å². The minimum absolute atomic E-state index is 0.215. The summed E-state index contributed by atoms with van der Waals surface area (Å²) >= 11 is 0. The number of carbonyl (C=O) groups is 1. The van der Waals surface area contributed by atoms with Gasteiger partial charge in [-0.25, -0.2) is 9.18 Å². The maximum absolute atomic E-state index is 12.6. The Hall–Kier alpha value is -1.58. The fourth-order valence-electron chi connectivity index (χ4n) is 0.705. The van der Waals surface area contributed by atoms with Gasteiger partial charge in [-0.2, -0.15) is 0 Å². The molecule has 11 heavy (non-hydrogen) atoms. The van der Waals surface area contributed by atoms with Gasteiger partial charge in [-0.05, 0) is 18.2 Å². The van der Waals surface area contributed by atoms with Crippen molar-refractivity contribution in [2.24, 2.45) is 0 Å². The van der Waals surface area contributed by atoms with E-state index in [0.29, 0.717) is 0 Å². The van der Waals surface area contributed by atoms with Gasteiger partial charge in [-0.3, -0.25) is 0 Å². The quantitative estimate of drug-likeness (QED) is 0.606. The van der Waals surface area contributed by atoms with Crippen LogP contribution in [0.3, 0.4) is 0 Å². The second-order valence-corrected chi connectivity index (χ2v) is 2.04. The molecule has 0 aromatic heterocycles. The Morgan fingerprint density at radius 2 is 2.18 bits per heavy atom. The van der Waals surface area contributed by atoms with Crippen molar-refractivity contribution in [3.63, 3.8) is 0 Å². The summed E-state index contributed by atoms with van der Waals surface area (Å²) in [5, 5.41) is 8.38. The molecule has 0 saturated carbocycles. The summed E-state index contributed by atoms with van der Waals surface area (Å²) in [5.41, 5.74) is 5.05. The van der Waals surface area contributed by atoms with Crippen molar-refractivity contribution in [1.82, 2.24) is 0 Å². The number of carboxylic acid groups (broad SMARTS) is 1. The fraction of sp³-hybridized carbons (Fsp3) is 0. The van der Waals surface area contributed by atoms with E-state index in [1.54, 1.807) is 0 Å². The van der Waals surface area contributed by atoms with Gasteiger partial charge in [0.05, 0.1) is 5.56 Å². The Kier molecular flexibility index (Phi) is 1.76. The van der Waals surface area contributed by atoms with E-state index in [0.717, 1.165) is 12.1 Å². The molecule has 0 heterocycles. The molecule has 0 saturated heterocycles. The highest BCUT2D eigenvalue weighted by atomic mass is 19.2. The molecule has 0 unspecified atom stereocenters. The summed E-state index contributed by atoms with van der Waals surface area (Å²) in [7, 11) is 0. The van der Waals surface area contributed by atoms with Crippen molar-refractivity contribution in [3.8, 4) is 0 Å². The Bertz CT molecular complexity index is 298. The lowest BCUT2D eigenvalue weighted by molar-refractivity contribution is 0.0692. The molecule has 1 aromatic carbocycles. The van der Waals surface area contributed by atoms with Crippen LogP contribution >= 0.6 is 0 Å². The van der Waals surface area contributed by atoms with E-state index in [4.69, 9.17) is 10.8 Å². The number of halogens is 1. The summed E-state index contributed by atoms with van der Waals surface area (Å²) in [4.78, 5) is 10.3. The third-order valence-corrected chi connectivity index (χ3v) is 1.22. The molecule has 3 nitrogen and oxygen atoms in total. The van der Waals surface area contributed by atoms with Crippen LogP contribution in [0.15, 0.2) is 18.2 Å². The van der Waals surface area contributed by atoms with E-state index in [2.05, 4.69) is 0 Å². The van der Waals surface area contributed by atoms with Crippen LogP contribution in [-0.2, 0) is 0 Å². The van der Waals surface area contributed by atoms with Crippen molar-refractivity contribution in [3.05, 3.63) is 29.6 Å². The zero-order valence-electron chi connectivity index (χ0n) is 5.54. The first-order valence-electron chi connectivity index (χ1n) is 2.89. The third kappa shape index (κ3) is 1.46. The lowest BCUT2D eigenvalue weighted by Gasteiger charge is -1.96. The van der Waals surface area contributed by atoms with Gasteiger partial charge in [0, 0.05) is 5.69 Å². The first-order chi connectivity index (χ1) is 5.11. The van der Waals surface area contributed by atoms with Gasteiger partial charge in [0.1, 0.15) is 5.82 Å². The molecule has 0 fully saturated rings. The molecule has 0 amide bonds. The van der Waals surface area contributed by atoms with Crippen LogP contribution in [0.2, 0.25) is 0 Å². The van der Waals surface area contributed by atoms with E-state index >= 15 is 0 Å². The average Bonchev–Trinajstić information content (AvgIpc) is 1.85. The topological polar surface area (TPSA) is 63.3 Å². The minimum Gasteiger partial charge on any atom is -0.478 e. The standard InChI is InChI=1S/C7H6FNO2/c8-6-3-4(9)1-2-5(6)7(10)11/h1-3H,9H2,(H,10,11)/i1+1,2+1,3+1,4+1,5+1,6+1. The van der Waals surface area contributed by atoms with E-state index in [1.807, 2.05) is 0 Å². The summed E-state index contributed by atoms with van der Waals surface area (Å²) < 4.78 is 12.6. The first-order valence-corrected chi connectivity index (χ1v) is 2.89. The minimum atomic E-state index is -1.29. The molecule has 0 aliphatic heterocycles. The van der Waals surface area contributed by atoms with Crippen LogP contribution in [0.5, 0.6) is 0 Å². The van der Waals surface area contributed by atoms with Crippen molar-refractivity contribution in [2.45, 2.75) is 0 Å². The van der Waals surface area contributed by atoms with Crippen molar-refractivity contribution >= 4 is 11.7 Å². The molecule has 0 radical (unpaired) electrons. The molecular formula is C7H6FNO2. The van der Waals surface area contributed by atoms with Crippen LogP contribution in [-0.4, -0.2) is 11.1 Å². The van der Waals surface area contributed by atoms with Crippen molar-refractivity contribution < 1.29 is 14.3 Å². The molecule has 0 atom stereocenters. The summed E-state index contributed by atoms with van der Waals surface area (Å²) in [6.45, 7) is 0. The molecule has 0 aliphatic rings. The largest absolute Gasteiger partial charge is 0.478 e. The molecule has 4 heteroatoms. The van der Waals surface area contributed by atoms with E-state index in [-0.39, 0.29) is 11.3 Å². The van der Waals surface area contributed by atoms with Gasteiger partial charge in [0.25, 0.3) is 0 Å². The van der Waals surface area contributed by atoms with Crippen LogP contribution in [0.25, 0.3) is 0 Å². The zero-order valence-corrected chi connectivity index (χ0v) is 5.54. The van der Waals surface area contributed by atoms with Gasteiger partial charge in [0.2, 0.25) is 0 Å². The number of hydrogen-bond acceptors (Lipinski definition) is 2. The highest BCUT2D eigenvalue weighted by Crippen LogP contribution is 2.10. The predicted octanol–water partition coefficient (Wildman–Crippen LogP) is 1.11. The number of hydrogen-bond donors (Lipinski definition) is 2.